The van der Waals surface area contributed by atoms with Gasteiger partial charge in [-0.25, -0.2) is 0 Å². The minimum atomic E-state index is -2.09. The van der Waals surface area contributed by atoms with Gasteiger partial charge in [0, 0.05) is 11.1 Å². The molecule has 1 nitrogen and oxygen atoms in total. The van der Waals surface area contributed by atoms with E-state index >= 15 is 0 Å². The molecule has 1 aromatic carbocycles. The zero-order chi connectivity index (χ0) is 9.19. The van der Waals surface area contributed by atoms with Crippen LogP contribution >= 0.6 is 19.8 Å². The van der Waals surface area contributed by atoms with Crippen LogP contribution in [0.25, 0.3) is 0 Å². The van der Waals surface area contributed by atoms with E-state index in [4.69, 9.17) is 0 Å². The van der Waals surface area contributed by atoms with E-state index < -0.39 is 7.14 Å². The van der Waals surface area contributed by atoms with Gasteiger partial charge in [0.05, 0.1) is 0 Å². The molecule has 0 aliphatic heterocycles. The van der Waals surface area contributed by atoms with Gasteiger partial charge in [-0.2, -0.15) is 12.6 Å². The molecule has 0 heterocycles. The first-order valence-corrected chi connectivity index (χ1v) is 7.03. The molecule has 0 saturated heterocycles. The van der Waals surface area contributed by atoms with Crippen molar-refractivity contribution in [2.24, 2.45) is 0 Å². The number of rotatable bonds is 2. The molecule has 0 saturated carbocycles. The monoisotopic (exact) mass is 200 g/mol. The third-order valence-electron chi connectivity index (χ3n) is 1.71. The summed E-state index contributed by atoms with van der Waals surface area (Å²) < 4.78 is 11.7. The average molecular weight is 200 g/mol. The Labute approximate surface area is 79.0 Å². The molecular weight excluding hydrogens is 187 g/mol. The van der Waals surface area contributed by atoms with E-state index in [1.807, 2.05) is 24.3 Å². The normalized spacial score (nSPS) is 11.6. The van der Waals surface area contributed by atoms with Crippen molar-refractivity contribution in [2.75, 3.05) is 13.3 Å². The molecule has 0 unspecified atom stereocenters. The Morgan fingerprint density at radius 3 is 2.58 bits per heavy atom. The first-order valence-electron chi connectivity index (χ1n) is 3.79. The molecule has 0 aliphatic carbocycles. The van der Waals surface area contributed by atoms with Crippen molar-refractivity contribution in [3.63, 3.8) is 0 Å². The van der Waals surface area contributed by atoms with E-state index in [1.54, 1.807) is 13.3 Å². The van der Waals surface area contributed by atoms with Gasteiger partial charge in [-0.1, -0.05) is 18.2 Å². The third-order valence-corrected chi connectivity index (χ3v) is 3.60. The molecule has 0 aliphatic rings. The van der Waals surface area contributed by atoms with Crippen molar-refractivity contribution in [1.82, 2.24) is 0 Å². The predicted octanol–water partition coefficient (Wildman–Crippen LogP) is 2.36. The second kappa shape index (κ2) is 3.68. The molecule has 0 radical (unpaired) electrons. The van der Waals surface area contributed by atoms with Crippen LogP contribution in [0.2, 0.25) is 0 Å². The number of thiol groups is 1. The SMILES string of the molecule is CP(C)(=O)c1cccc(CS)c1. The van der Waals surface area contributed by atoms with Gasteiger partial charge in [0.1, 0.15) is 7.14 Å². The molecule has 66 valence electrons. The van der Waals surface area contributed by atoms with Crippen molar-refractivity contribution in [2.45, 2.75) is 5.75 Å². The summed E-state index contributed by atoms with van der Waals surface area (Å²) in [5.41, 5.74) is 1.12. The maximum absolute atomic E-state index is 11.7. The molecule has 0 amide bonds. The zero-order valence-electron chi connectivity index (χ0n) is 7.32. The van der Waals surface area contributed by atoms with Crippen LogP contribution in [-0.2, 0) is 10.3 Å². The van der Waals surface area contributed by atoms with Gasteiger partial charge in [-0.15, -0.1) is 0 Å². The molecule has 0 fully saturated rings. The third kappa shape index (κ3) is 2.40. The van der Waals surface area contributed by atoms with Crippen LogP contribution in [0, 0.1) is 0 Å². The molecule has 0 spiro atoms. The Kier molecular flexibility index (Phi) is 3.03. The minimum absolute atomic E-state index is 0.702. The smallest absolute Gasteiger partial charge is 0.109 e. The molecule has 3 heteroatoms. The van der Waals surface area contributed by atoms with E-state index in [0.29, 0.717) is 5.75 Å². The Bertz CT molecular complexity index is 316. The van der Waals surface area contributed by atoms with Crippen LogP contribution in [0.15, 0.2) is 24.3 Å². The second-order valence-corrected chi connectivity index (χ2v) is 6.71. The fraction of sp³-hybridized carbons (Fsp3) is 0.333. The summed E-state index contributed by atoms with van der Waals surface area (Å²) in [5, 5.41) is 0.939. The summed E-state index contributed by atoms with van der Waals surface area (Å²) in [6, 6.07) is 7.80. The van der Waals surface area contributed by atoms with E-state index in [0.717, 1.165) is 10.9 Å². The molecule has 0 aromatic heterocycles. The highest BCUT2D eigenvalue weighted by Gasteiger charge is 2.10. The maximum Gasteiger partial charge on any atom is 0.109 e. The number of benzene rings is 1. The van der Waals surface area contributed by atoms with Gasteiger partial charge >= 0.3 is 0 Å². The molecule has 0 atom stereocenters. The fourth-order valence-electron chi connectivity index (χ4n) is 0.990. The summed E-state index contributed by atoms with van der Waals surface area (Å²) >= 11 is 4.16. The summed E-state index contributed by atoms with van der Waals surface area (Å²) in [5.74, 6) is 0.702. The second-order valence-electron chi connectivity index (χ2n) is 3.18. The summed E-state index contributed by atoms with van der Waals surface area (Å²) in [7, 11) is -2.09. The first-order chi connectivity index (χ1) is 5.54. The van der Waals surface area contributed by atoms with Crippen LogP contribution < -0.4 is 5.30 Å². The summed E-state index contributed by atoms with van der Waals surface area (Å²) in [6.07, 6.45) is 0. The minimum Gasteiger partial charge on any atom is -0.319 e. The Hall–Kier alpha value is -0.200. The largest absolute Gasteiger partial charge is 0.319 e. The van der Waals surface area contributed by atoms with Crippen LogP contribution in [0.3, 0.4) is 0 Å². The maximum atomic E-state index is 11.7. The van der Waals surface area contributed by atoms with Gasteiger partial charge in [0.2, 0.25) is 0 Å². The van der Waals surface area contributed by atoms with Crippen molar-refractivity contribution >= 4 is 25.1 Å². The number of hydrogen-bond acceptors (Lipinski definition) is 2. The molecule has 1 rings (SSSR count). The lowest BCUT2D eigenvalue weighted by Crippen LogP contribution is -2.02. The average Bonchev–Trinajstić information content (AvgIpc) is 2.03. The predicted molar refractivity (Wildman–Crippen MR) is 58.2 cm³/mol. The van der Waals surface area contributed by atoms with Crippen molar-refractivity contribution in [3.8, 4) is 0 Å². The zero-order valence-corrected chi connectivity index (χ0v) is 9.11. The Balaban J connectivity index is 3.11. The standard InChI is InChI=1S/C9H13OPS/c1-11(2,10)9-5-3-4-8(6-9)7-12/h3-6,12H,7H2,1-2H3. The van der Waals surface area contributed by atoms with Crippen LogP contribution in [0.5, 0.6) is 0 Å². The molecular formula is C9H13OPS. The lowest BCUT2D eigenvalue weighted by Gasteiger charge is -2.07. The molecule has 0 N–H and O–H groups in total. The van der Waals surface area contributed by atoms with Crippen molar-refractivity contribution < 1.29 is 4.57 Å². The van der Waals surface area contributed by atoms with E-state index in [9.17, 15) is 4.57 Å². The summed E-state index contributed by atoms with van der Waals surface area (Å²) in [6.45, 7) is 3.56. The molecule has 12 heavy (non-hydrogen) atoms. The molecule has 1 aromatic rings. The summed E-state index contributed by atoms with van der Waals surface area (Å²) in [4.78, 5) is 0. The van der Waals surface area contributed by atoms with Gasteiger partial charge in [0.25, 0.3) is 0 Å². The van der Waals surface area contributed by atoms with E-state index in [2.05, 4.69) is 12.6 Å². The lowest BCUT2D eigenvalue weighted by molar-refractivity contribution is 0.588. The van der Waals surface area contributed by atoms with Gasteiger partial charge in [0.15, 0.2) is 0 Å². The first kappa shape index (κ1) is 9.88. The fourth-order valence-corrected chi connectivity index (χ4v) is 2.11. The highest BCUT2D eigenvalue weighted by Crippen LogP contribution is 2.34. The number of hydrogen-bond donors (Lipinski definition) is 1. The van der Waals surface area contributed by atoms with Crippen LogP contribution in [0.4, 0.5) is 0 Å². The highest BCUT2D eigenvalue weighted by molar-refractivity contribution is 7.79. The Morgan fingerprint density at radius 1 is 1.42 bits per heavy atom. The van der Waals surface area contributed by atoms with E-state index in [1.165, 1.54) is 0 Å². The Morgan fingerprint density at radius 2 is 2.08 bits per heavy atom. The van der Waals surface area contributed by atoms with Crippen LogP contribution in [0.1, 0.15) is 5.56 Å². The highest BCUT2D eigenvalue weighted by atomic mass is 32.1. The van der Waals surface area contributed by atoms with Gasteiger partial charge in [-0.05, 0) is 25.0 Å². The van der Waals surface area contributed by atoms with Crippen molar-refractivity contribution in [3.05, 3.63) is 29.8 Å². The quantitative estimate of drug-likeness (QED) is 0.573. The van der Waals surface area contributed by atoms with Gasteiger partial charge < -0.3 is 4.57 Å². The van der Waals surface area contributed by atoms with Crippen molar-refractivity contribution in [1.29, 1.82) is 0 Å². The topological polar surface area (TPSA) is 17.1 Å². The van der Waals surface area contributed by atoms with Gasteiger partial charge in [-0.3, -0.25) is 0 Å². The lowest BCUT2D eigenvalue weighted by atomic mass is 10.2. The van der Waals surface area contributed by atoms with E-state index in [-0.39, 0.29) is 0 Å². The van der Waals surface area contributed by atoms with Crippen LogP contribution in [-0.4, -0.2) is 13.3 Å². The molecule has 0 bridgehead atoms.